The summed E-state index contributed by atoms with van der Waals surface area (Å²) in [6.45, 7) is 5.05. The van der Waals surface area contributed by atoms with Gasteiger partial charge in [-0.05, 0) is 57.5 Å². The molecule has 1 N–H and O–H groups in total. The van der Waals surface area contributed by atoms with Gasteiger partial charge in [0.25, 0.3) is 0 Å². The number of nitrogens with one attached hydrogen (secondary N) is 1. The third-order valence-corrected chi connectivity index (χ3v) is 3.71. The second-order valence-electron chi connectivity index (χ2n) is 5.05. The minimum absolute atomic E-state index is 0.377. The van der Waals surface area contributed by atoms with Crippen LogP contribution in [0.5, 0.6) is 0 Å². The van der Waals surface area contributed by atoms with Crippen LogP contribution in [0.1, 0.15) is 38.5 Å². The molecule has 0 aliphatic carbocycles. The topological polar surface area (TPSA) is 30.5 Å². The summed E-state index contributed by atoms with van der Waals surface area (Å²) in [5.41, 5.74) is 0. The van der Waals surface area contributed by atoms with E-state index in [0.29, 0.717) is 6.10 Å². The fourth-order valence-corrected chi connectivity index (χ4v) is 2.57. The van der Waals surface area contributed by atoms with E-state index >= 15 is 0 Å². The van der Waals surface area contributed by atoms with Crippen LogP contribution in [0.15, 0.2) is 0 Å². The highest BCUT2D eigenvalue weighted by molar-refractivity contribution is 4.68. The second kappa shape index (κ2) is 7.25. The lowest BCUT2D eigenvalue weighted by molar-refractivity contribution is -0.0428. The molecule has 16 heavy (non-hydrogen) atoms. The molecule has 0 spiro atoms. The van der Waals surface area contributed by atoms with Crippen molar-refractivity contribution < 1.29 is 9.47 Å². The Hall–Kier alpha value is -0.120. The number of rotatable bonds is 5. The van der Waals surface area contributed by atoms with Crippen LogP contribution < -0.4 is 5.32 Å². The van der Waals surface area contributed by atoms with Gasteiger partial charge in [0, 0.05) is 13.2 Å². The molecular weight excluding hydrogens is 202 g/mol. The van der Waals surface area contributed by atoms with E-state index in [1.54, 1.807) is 0 Å². The maximum atomic E-state index is 5.73. The standard InChI is InChI=1S/C13H25NO2/c1-2-9-16-13(3-1)11-15-10-6-12-4-7-14-8-5-12/h12-14H,1-11H2. The molecule has 2 aliphatic heterocycles. The Balaban J connectivity index is 1.47. The average Bonchev–Trinajstić information content (AvgIpc) is 2.37. The highest BCUT2D eigenvalue weighted by Gasteiger charge is 2.15. The van der Waals surface area contributed by atoms with E-state index in [1.165, 1.54) is 51.6 Å². The lowest BCUT2D eigenvalue weighted by atomic mass is 9.95. The van der Waals surface area contributed by atoms with Crippen LogP contribution in [0, 0.1) is 5.92 Å². The first-order chi connectivity index (χ1) is 7.95. The molecule has 2 aliphatic rings. The first kappa shape index (κ1) is 12.3. The van der Waals surface area contributed by atoms with Crippen molar-refractivity contribution in [2.24, 2.45) is 5.92 Å². The summed E-state index contributed by atoms with van der Waals surface area (Å²) in [4.78, 5) is 0. The van der Waals surface area contributed by atoms with Crippen molar-refractivity contribution >= 4 is 0 Å². The van der Waals surface area contributed by atoms with E-state index in [2.05, 4.69) is 5.32 Å². The maximum absolute atomic E-state index is 5.73. The van der Waals surface area contributed by atoms with E-state index in [-0.39, 0.29) is 0 Å². The van der Waals surface area contributed by atoms with Gasteiger partial charge in [0.1, 0.15) is 0 Å². The van der Waals surface area contributed by atoms with E-state index in [1.807, 2.05) is 0 Å². The molecule has 2 heterocycles. The number of hydrogen-bond acceptors (Lipinski definition) is 3. The van der Waals surface area contributed by atoms with Crippen LogP contribution >= 0.6 is 0 Å². The lowest BCUT2D eigenvalue weighted by Crippen LogP contribution is -2.29. The van der Waals surface area contributed by atoms with Gasteiger partial charge in [-0.25, -0.2) is 0 Å². The molecule has 94 valence electrons. The SMILES string of the molecule is C1CCC(COCCC2CCNCC2)OC1. The van der Waals surface area contributed by atoms with Gasteiger partial charge in [-0.15, -0.1) is 0 Å². The van der Waals surface area contributed by atoms with Crippen molar-refractivity contribution in [2.75, 3.05) is 32.9 Å². The summed E-state index contributed by atoms with van der Waals surface area (Å²) < 4.78 is 11.4. The molecule has 2 fully saturated rings. The van der Waals surface area contributed by atoms with Gasteiger partial charge >= 0.3 is 0 Å². The Morgan fingerprint density at radius 3 is 2.75 bits per heavy atom. The molecule has 0 aromatic carbocycles. The first-order valence-corrected chi connectivity index (χ1v) is 6.85. The average molecular weight is 227 g/mol. The van der Waals surface area contributed by atoms with Crippen molar-refractivity contribution in [1.82, 2.24) is 5.32 Å². The number of ether oxygens (including phenoxy) is 2. The van der Waals surface area contributed by atoms with Crippen LogP contribution in [0.2, 0.25) is 0 Å². The molecule has 2 saturated heterocycles. The van der Waals surface area contributed by atoms with Gasteiger partial charge < -0.3 is 14.8 Å². The largest absolute Gasteiger partial charge is 0.379 e. The van der Waals surface area contributed by atoms with Crippen molar-refractivity contribution in [3.8, 4) is 0 Å². The molecule has 0 aromatic rings. The Morgan fingerprint density at radius 2 is 2.00 bits per heavy atom. The van der Waals surface area contributed by atoms with Crippen molar-refractivity contribution in [3.05, 3.63) is 0 Å². The Labute approximate surface area is 98.9 Å². The Bertz CT molecular complexity index is 155. The fraction of sp³-hybridized carbons (Fsp3) is 1.00. The molecule has 0 bridgehead atoms. The monoisotopic (exact) mass is 227 g/mol. The molecule has 1 atom stereocenters. The number of piperidine rings is 1. The molecule has 1 unspecified atom stereocenters. The van der Waals surface area contributed by atoms with Crippen LogP contribution in [-0.2, 0) is 9.47 Å². The summed E-state index contributed by atoms with van der Waals surface area (Å²) in [6, 6.07) is 0. The minimum atomic E-state index is 0.377. The van der Waals surface area contributed by atoms with Gasteiger partial charge in [0.05, 0.1) is 12.7 Å². The Kier molecular flexibility index (Phi) is 5.59. The summed E-state index contributed by atoms with van der Waals surface area (Å²) in [7, 11) is 0. The molecule has 2 rings (SSSR count). The van der Waals surface area contributed by atoms with Gasteiger partial charge in [-0.2, -0.15) is 0 Å². The predicted octanol–water partition coefficient (Wildman–Crippen LogP) is 1.96. The molecule has 3 heteroatoms. The normalized spacial score (nSPS) is 28.1. The van der Waals surface area contributed by atoms with Crippen molar-refractivity contribution in [1.29, 1.82) is 0 Å². The zero-order chi connectivity index (χ0) is 11.1. The molecule has 3 nitrogen and oxygen atoms in total. The fourth-order valence-electron chi connectivity index (χ4n) is 2.57. The quantitative estimate of drug-likeness (QED) is 0.728. The lowest BCUT2D eigenvalue weighted by Gasteiger charge is -2.24. The van der Waals surface area contributed by atoms with Gasteiger partial charge in [0.2, 0.25) is 0 Å². The molecule has 0 aromatic heterocycles. The van der Waals surface area contributed by atoms with Crippen LogP contribution in [0.4, 0.5) is 0 Å². The maximum Gasteiger partial charge on any atom is 0.0808 e. The minimum Gasteiger partial charge on any atom is -0.379 e. The number of hydrogen-bond donors (Lipinski definition) is 1. The highest BCUT2D eigenvalue weighted by atomic mass is 16.5. The Morgan fingerprint density at radius 1 is 1.12 bits per heavy atom. The van der Waals surface area contributed by atoms with Crippen LogP contribution in [0.3, 0.4) is 0 Å². The smallest absolute Gasteiger partial charge is 0.0808 e. The van der Waals surface area contributed by atoms with E-state index in [0.717, 1.165) is 25.7 Å². The summed E-state index contributed by atoms with van der Waals surface area (Å²) >= 11 is 0. The molecule has 0 saturated carbocycles. The van der Waals surface area contributed by atoms with Crippen LogP contribution in [0.25, 0.3) is 0 Å². The zero-order valence-corrected chi connectivity index (χ0v) is 10.2. The summed E-state index contributed by atoms with van der Waals surface area (Å²) in [5, 5.41) is 3.40. The molecule has 0 amide bonds. The van der Waals surface area contributed by atoms with E-state index in [4.69, 9.17) is 9.47 Å². The summed E-state index contributed by atoms with van der Waals surface area (Å²) in [5.74, 6) is 0.883. The molecular formula is C13H25NO2. The second-order valence-corrected chi connectivity index (χ2v) is 5.05. The predicted molar refractivity (Wildman–Crippen MR) is 64.6 cm³/mol. The summed E-state index contributed by atoms with van der Waals surface area (Å²) in [6.07, 6.45) is 7.98. The van der Waals surface area contributed by atoms with Crippen molar-refractivity contribution in [3.63, 3.8) is 0 Å². The van der Waals surface area contributed by atoms with E-state index in [9.17, 15) is 0 Å². The van der Waals surface area contributed by atoms with Crippen LogP contribution in [-0.4, -0.2) is 39.0 Å². The zero-order valence-electron chi connectivity index (χ0n) is 10.2. The molecule has 0 radical (unpaired) electrons. The third kappa shape index (κ3) is 4.40. The van der Waals surface area contributed by atoms with Gasteiger partial charge in [0.15, 0.2) is 0 Å². The first-order valence-electron chi connectivity index (χ1n) is 6.85. The van der Waals surface area contributed by atoms with Gasteiger partial charge in [-0.3, -0.25) is 0 Å². The van der Waals surface area contributed by atoms with Crippen molar-refractivity contribution in [2.45, 2.75) is 44.6 Å². The van der Waals surface area contributed by atoms with E-state index < -0.39 is 0 Å². The third-order valence-electron chi connectivity index (χ3n) is 3.71. The van der Waals surface area contributed by atoms with Gasteiger partial charge in [-0.1, -0.05) is 0 Å². The highest BCUT2D eigenvalue weighted by Crippen LogP contribution is 2.16.